The van der Waals surface area contributed by atoms with Gasteiger partial charge in [0.1, 0.15) is 5.82 Å². The van der Waals surface area contributed by atoms with E-state index < -0.39 is 0 Å². The lowest BCUT2D eigenvalue weighted by Gasteiger charge is -2.14. The van der Waals surface area contributed by atoms with E-state index in [9.17, 15) is 9.59 Å². The molecule has 6 nitrogen and oxygen atoms in total. The van der Waals surface area contributed by atoms with Crippen LogP contribution in [0.3, 0.4) is 0 Å². The molecule has 0 spiro atoms. The van der Waals surface area contributed by atoms with Crippen molar-refractivity contribution >= 4 is 11.7 Å². The minimum absolute atomic E-state index is 0.0421. The second-order valence-electron chi connectivity index (χ2n) is 3.06. The number of H-pyrrole nitrogens is 1. The maximum atomic E-state index is 11.4. The van der Waals surface area contributed by atoms with Crippen molar-refractivity contribution in [3.05, 3.63) is 22.7 Å². The monoisotopic (exact) mass is 210 g/mol. The van der Waals surface area contributed by atoms with E-state index in [2.05, 4.69) is 15.3 Å². The summed E-state index contributed by atoms with van der Waals surface area (Å²) in [5.74, 6) is 0.358. The zero-order valence-corrected chi connectivity index (χ0v) is 8.78. The Morgan fingerprint density at radius 2 is 2.40 bits per heavy atom. The van der Waals surface area contributed by atoms with Gasteiger partial charge in [-0.1, -0.05) is 0 Å². The number of hydrogen-bond acceptors (Lipinski definition) is 4. The SMILES string of the molecule is CCN(C)C(=O)CNc1cc(=O)[nH]cn1. The summed E-state index contributed by atoms with van der Waals surface area (Å²) in [6.45, 7) is 2.69. The van der Waals surface area contributed by atoms with Gasteiger partial charge >= 0.3 is 0 Å². The maximum absolute atomic E-state index is 11.4. The molecule has 15 heavy (non-hydrogen) atoms. The highest BCUT2D eigenvalue weighted by molar-refractivity contribution is 5.80. The second-order valence-corrected chi connectivity index (χ2v) is 3.06. The standard InChI is InChI=1S/C9H14N4O2/c1-3-13(2)9(15)5-10-7-4-8(14)12-6-11-7/h4,6H,3,5H2,1-2H3,(H2,10,11,12,14). The van der Waals surface area contributed by atoms with Crippen LogP contribution in [0.25, 0.3) is 0 Å². The van der Waals surface area contributed by atoms with Gasteiger partial charge in [-0.25, -0.2) is 4.98 Å². The average molecular weight is 210 g/mol. The minimum Gasteiger partial charge on any atom is -0.361 e. The van der Waals surface area contributed by atoms with Gasteiger partial charge in [-0.3, -0.25) is 9.59 Å². The number of nitrogens with zero attached hydrogens (tertiary/aromatic N) is 2. The van der Waals surface area contributed by atoms with E-state index in [0.717, 1.165) is 0 Å². The highest BCUT2D eigenvalue weighted by Gasteiger charge is 2.05. The van der Waals surface area contributed by atoms with Crippen LogP contribution >= 0.6 is 0 Å². The summed E-state index contributed by atoms with van der Waals surface area (Å²) in [6.07, 6.45) is 1.29. The van der Waals surface area contributed by atoms with Gasteiger partial charge in [0.05, 0.1) is 12.9 Å². The van der Waals surface area contributed by atoms with Gasteiger partial charge in [-0.05, 0) is 6.92 Å². The lowest BCUT2D eigenvalue weighted by atomic mass is 10.4. The van der Waals surface area contributed by atoms with Crippen LogP contribution in [0.1, 0.15) is 6.92 Å². The summed E-state index contributed by atoms with van der Waals surface area (Å²) in [5, 5.41) is 2.78. The lowest BCUT2D eigenvalue weighted by Crippen LogP contribution is -2.32. The molecule has 1 heterocycles. The molecule has 0 atom stereocenters. The van der Waals surface area contributed by atoms with Crippen LogP contribution < -0.4 is 10.9 Å². The summed E-state index contributed by atoms with van der Waals surface area (Å²) in [6, 6.07) is 1.30. The number of likely N-dealkylation sites (N-methyl/N-ethyl adjacent to an activating group) is 1. The van der Waals surface area contributed by atoms with Crippen molar-refractivity contribution in [1.82, 2.24) is 14.9 Å². The Morgan fingerprint density at radius 1 is 1.67 bits per heavy atom. The van der Waals surface area contributed by atoms with Crippen molar-refractivity contribution < 1.29 is 4.79 Å². The van der Waals surface area contributed by atoms with Crippen molar-refractivity contribution in [2.24, 2.45) is 0 Å². The van der Waals surface area contributed by atoms with Crippen LogP contribution in [0.2, 0.25) is 0 Å². The molecule has 1 rings (SSSR count). The third-order valence-corrected chi connectivity index (χ3v) is 2.00. The molecule has 0 fully saturated rings. The first-order valence-electron chi connectivity index (χ1n) is 4.66. The minimum atomic E-state index is -0.246. The molecule has 1 aromatic heterocycles. The van der Waals surface area contributed by atoms with Crippen molar-refractivity contribution in [2.45, 2.75) is 6.92 Å². The summed E-state index contributed by atoms with van der Waals surface area (Å²) in [5.41, 5.74) is -0.246. The van der Waals surface area contributed by atoms with Crippen LogP contribution in [0, 0.1) is 0 Å². The van der Waals surface area contributed by atoms with Crippen LogP contribution in [-0.4, -0.2) is 40.9 Å². The fourth-order valence-electron chi connectivity index (χ4n) is 0.943. The van der Waals surface area contributed by atoms with E-state index in [-0.39, 0.29) is 18.0 Å². The molecule has 0 aromatic carbocycles. The number of amides is 1. The summed E-state index contributed by atoms with van der Waals surface area (Å²) >= 11 is 0. The van der Waals surface area contributed by atoms with E-state index in [4.69, 9.17) is 0 Å². The topological polar surface area (TPSA) is 78.1 Å². The normalized spacial score (nSPS) is 9.73. The van der Waals surface area contributed by atoms with Gasteiger partial charge in [0.2, 0.25) is 5.91 Å². The van der Waals surface area contributed by atoms with Crippen LogP contribution in [0.5, 0.6) is 0 Å². The fourth-order valence-corrected chi connectivity index (χ4v) is 0.943. The van der Waals surface area contributed by atoms with Crippen molar-refractivity contribution in [1.29, 1.82) is 0 Å². The van der Waals surface area contributed by atoms with Gasteiger partial charge in [0.25, 0.3) is 5.56 Å². The van der Waals surface area contributed by atoms with E-state index in [1.54, 1.807) is 11.9 Å². The van der Waals surface area contributed by atoms with E-state index in [1.165, 1.54) is 12.4 Å². The highest BCUT2D eigenvalue weighted by atomic mass is 16.2. The Kier molecular flexibility index (Phi) is 3.84. The zero-order chi connectivity index (χ0) is 11.3. The van der Waals surface area contributed by atoms with Crippen molar-refractivity contribution in [3.63, 3.8) is 0 Å². The predicted molar refractivity (Wildman–Crippen MR) is 56.7 cm³/mol. The average Bonchev–Trinajstić information content (AvgIpc) is 2.25. The van der Waals surface area contributed by atoms with Gasteiger partial charge in [0, 0.05) is 19.7 Å². The van der Waals surface area contributed by atoms with Gasteiger partial charge in [-0.15, -0.1) is 0 Å². The summed E-state index contributed by atoms with van der Waals surface area (Å²) in [7, 11) is 1.72. The highest BCUT2D eigenvalue weighted by Crippen LogP contribution is 1.94. The third-order valence-electron chi connectivity index (χ3n) is 2.00. The molecule has 1 amide bonds. The first kappa shape index (κ1) is 11.2. The first-order chi connectivity index (χ1) is 7.13. The summed E-state index contributed by atoms with van der Waals surface area (Å²) < 4.78 is 0. The molecule has 0 unspecified atom stereocenters. The predicted octanol–water partition coefficient (Wildman–Crippen LogP) is -0.340. The number of nitrogens with one attached hydrogen (secondary N) is 2. The number of hydrogen-bond donors (Lipinski definition) is 2. The zero-order valence-electron chi connectivity index (χ0n) is 8.78. The Hall–Kier alpha value is -1.85. The van der Waals surface area contributed by atoms with Gasteiger partial charge in [0.15, 0.2) is 0 Å². The molecular weight excluding hydrogens is 196 g/mol. The Balaban J connectivity index is 2.50. The van der Waals surface area contributed by atoms with Crippen LogP contribution in [-0.2, 0) is 4.79 Å². The molecule has 2 N–H and O–H groups in total. The molecule has 0 aliphatic heterocycles. The first-order valence-corrected chi connectivity index (χ1v) is 4.66. The summed E-state index contributed by atoms with van der Waals surface area (Å²) in [4.78, 5) is 30.1. The molecule has 1 aromatic rings. The number of anilines is 1. The van der Waals surface area contributed by atoms with E-state index >= 15 is 0 Å². The quantitative estimate of drug-likeness (QED) is 0.712. The van der Waals surface area contributed by atoms with E-state index in [0.29, 0.717) is 12.4 Å². The smallest absolute Gasteiger partial charge is 0.252 e. The Labute approximate surface area is 87.3 Å². The molecule has 0 saturated heterocycles. The van der Waals surface area contributed by atoms with Gasteiger partial charge in [-0.2, -0.15) is 0 Å². The van der Waals surface area contributed by atoms with Crippen molar-refractivity contribution in [2.75, 3.05) is 25.5 Å². The molecular formula is C9H14N4O2. The largest absolute Gasteiger partial charge is 0.361 e. The number of carbonyl (C=O) groups is 1. The molecule has 0 saturated carbocycles. The number of aromatic nitrogens is 2. The Morgan fingerprint density at radius 3 is 3.00 bits per heavy atom. The van der Waals surface area contributed by atoms with Crippen LogP contribution in [0.15, 0.2) is 17.2 Å². The van der Waals surface area contributed by atoms with Crippen LogP contribution in [0.4, 0.5) is 5.82 Å². The number of rotatable bonds is 4. The molecule has 0 radical (unpaired) electrons. The molecule has 0 bridgehead atoms. The number of carbonyl (C=O) groups excluding carboxylic acids is 1. The number of aromatic amines is 1. The molecule has 6 heteroatoms. The third kappa shape index (κ3) is 3.41. The maximum Gasteiger partial charge on any atom is 0.252 e. The van der Waals surface area contributed by atoms with Crippen molar-refractivity contribution in [3.8, 4) is 0 Å². The molecule has 0 aliphatic carbocycles. The van der Waals surface area contributed by atoms with E-state index in [1.807, 2.05) is 6.92 Å². The molecule has 82 valence electrons. The lowest BCUT2D eigenvalue weighted by molar-refractivity contribution is -0.127. The van der Waals surface area contributed by atoms with Gasteiger partial charge < -0.3 is 15.2 Å². The fraction of sp³-hybridized carbons (Fsp3) is 0.444. The Bertz CT molecular complexity index is 388. The molecule has 0 aliphatic rings. The second kappa shape index (κ2) is 5.14.